The highest BCUT2D eigenvalue weighted by Gasteiger charge is 2.06. The molecule has 0 saturated heterocycles. The fourth-order valence-corrected chi connectivity index (χ4v) is 2.48. The predicted octanol–water partition coefficient (Wildman–Crippen LogP) is 3.30. The molecule has 2 rings (SSSR count). The van der Waals surface area contributed by atoms with Gasteiger partial charge in [-0.05, 0) is 18.2 Å². The first-order chi connectivity index (χ1) is 6.74. The zero-order valence-corrected chi connectivity index (χ0v) is 8.49. The van der Waals surface area contributed by atoms with E-state index in [-0.39, 0.29) is 0 Å². The molecule has 0 saturated carbocycles. The summed E-state index contributed by atoms with van der Waals surface area (Å²) in [6, 6.07) is 9.14. The first-order valence-electron chi connectivity index (χ1n) is 3.78. The topological polar surface area (TPSA) is 47.6 Å². The number of hydrogen-bond acceptors (Lipinski definition) is 3. The van der Waals surface area contributed by atoms with E-state index in [1.54, 1.807) is 18.2 Å². The Labute approximate surface area is 89.6 Å². The SMILES string of the molecule is N#Cc1cc(C#N)c2cc(Cl)sc2c1. The van der Waals surface area contributed by atoms with Crippen molar-refractivity contribution in [1.29, 1.82) is 10.5 Å². The predicted molar refractivity (Wildman–Crippen MR) is 56.3 cm³/mol. The zero-order chi connectivity index (χ0) is 10.1. The molecule has 0 atom stereocenters. The van der Waals surface area contributed by atoms with Crippen LogP contribution in [0.5, 0.6) is 0 Å². The molecule has 0 N–H and O–H groups in total. The number of hydrogen-bond donors (Lipinski definition) is 0. The van der Waals surface area contributed by atoms with Crippen LogP contribution in [0.15, 0.2) is 18.2 Å². The zero-order valence-electron chi connectivity index (χ0n) is 6.91. The van der Waals surface area contributed by atoms with E-state index in [9.17, 15) is 0 Å². The number of nitrogens with zero attached hydrogens (tertiary/aromatic N) is 2. The summed E-state index contributed by atoms with van der Waals surface area (Å²) in [7, 11) is 0. The molecule has 0 spiro atoms. The van der Waals surface area contributed by atoms with Crippen molar-refractivity contribution in [2.24, 2.45) is 0 Å². The lowest BCUT2D eigenvalue weighted by molar-refractivity contribution is 1.47. The molecule has 2 aromatic rings. The third-order valence-electron chi connectivity index (χ3n) is 1.86. The third kappa shape index (κ3) is 1.33. The van der Waals surface area contributed by atoms with Crippen LogP contribution in [0, 0.1) is 22.7 Å². The standard InChI is InChI=1S/C10H3ClN2S/c11-10-3-8-7(5-13)1-6(4-12)2-9(8)14-10/h1-3H. The van der Waals surface area contributed by atoms with Gasteiger partial charge in [-0.2, -0.15) is 10.5 Å². The summed E-state index contributed by atoms with van der Waals surface area (Å²) in [6.45, 7) is 0. The van der Waals surface area contributed by atoms with Gasteiger partial charge in [0.25, 0.3) is 0 Å². The molecular formula is C10H3ClN2S. The molecule has 0 aliphatic heterocycles. The fourth-order valence-electron chi connectivity index (χ4n) is 1.26. The average Bonchev–Trinajstić information content (AvgIpc) is 2.56. The van der Waals surface area contributed by atoms with Crippen molar-refractivity contribution in [1.82, 2.24) is 0 Å². The Kier molecular flexibility index (Phi) is 2.13. The van der Waals surface area contributed by atoms with Crippen molar-refractivity contribution in [3.05, 3.63) is 33.7 Å². The van der Waals surface area contributed by atoms with Gasteiger partial charge in [0, 0.05) is 10.1 Å². The summed E-state index contributed by atoms with van der Waals surface area (Å²) in [5.41, 5.74) is 0.995. The van der Waals surface area contributed by atoms with E-state index in [1.807, 2.05) is 6.07 Å². The largest absolute Gasteiger partial charge is 0.192 e. The van der Waals surface area contributed by atoms with Gasteiger partial charge in [0.05, 0.1) is 27.6 Å². The van der Waals surface area contributed by atoms with Crippen LogP contribution in [0.1, 0.15) is 11.1 Å². The summed E-state index contributed by atoms with van der Waals surface area (Å²) < 4.78 is 1.51. The van der Waals surface area contributed by atoms with E-state index < -0.39 is 0 Å². The lowest BCUT2D eigenvalue weighted by atomic mass is 10.1. The molecule has 14 heavy (non-hydrogen) atoms. The summed E-state index contributed by atoms with van der Waals surface area (Å²) >= 11 is 7.21. The van der Waals surface area contributed by atoms with Gasteiger partial charge in [-0.25, -0.2) is 0 Å². The molecule has 1 aromatic carbocycles. The number of benzene rings is 1. The maximum atomic E-state index is 8.87. The van der Waals surface area contributed by atoms with Gasteiger partial charge >= 0.3 is 0 Å². The minimum atomic E-state index is 0.493. The molecule has 0 radical (unpaired) electrons. The third-order valence-corrected chi connectivity index (χ3v) is 3.07. The van der Waals surface area contributed by atoms with E-state index >= 15 is 0 Å². The highest BCUT2D eigenvalue weighted by atomic mass is 35.5. The summed E-state index contributed by atoms with van der Waals surface area (Å²) in [5, 5.41) is 18.4. The van der Waals surface area contributed by atoms with Crippen LogP contribution in [0.2, 0.25) is 4.34 Å². The van der Waals surface area contributed by atoms with Crippen LogP contribution in [-0.2, 0) is 0 Å². The van der Waals surface area contributed by atoms with Crippen molar-refractivity contribution >= 4 is 33.0 Å². The Morgan fingerprint density at radius 1 is 1.14 bits per heavy atom. The van der Waals surface area contributed by atoms with Gasteiger partial charge in [-0.3, -0.25) is 0 Å². The fraction of sp³-hybridized carbons (Fsp3) is 0. The first kappa shape index (κ1) is 9.02. The van der Waals surface area contributed by atoms with Gasteiger partial charge in [0.2, 0.25) is 0 Å². The second-order valence-electron chi connectivity index (χ2n) is 2.71. The number of nitriles is 2. The molecule has 2 nitrogen and oxygen atoms in total. The second-order valence-corrected chi connectivity index (χ2v) is 4.42. The minimum absolute atomic E-state index is 0.493. The van der Waals surface area contributed by atoms with E-state index in [1.165, 1.54) is 11.3 Å². The van der Waals surface area contributed by atoms with Gasteiger partial charge < -0.3 is 0 Å². The molecule has 4 heteroatoms. The van der Waals surface area contributed by atoms with E-state index in [0.717, 1.165) is 10.1 Å². The van der Waals surface area contributed by atoms with Crippen molar-refractivity contribution in [2.75, 3.05) is 0 Å². The Morgan fingerprint density at radius 3 is 2.57 bits per heavy atom. The molecule has 0 amide bonds. The summed E-state index contributed by atoms with van der Waals surface area (Å²) in [4.78, 5) is 0. The monoisotopic (exact) mass is 218 g/mol. The molecule has 0 bridgehead atoms. The van der Waals surface area contributed by atoms with Gasteiger partial charge in [-0.1, -0.05) is 11.6 Å². The summed E-state index contributed by atoms with van der Waals surface area (Å²) in [6.07, 6.45) is 0. The number of halogens is 1. The van der Waals surface area contributed by atoms with Crippen molar-refractivity contribution in [3.63, 3.8) is 0 Å². The Morgan fingerprint density at radius 2 is 1.93 bits per heavy atom. The average molecular weight is 219 g/mol. The quantitative estimate of drug-likeness (QED) is 0.681. The molecule has 1 aromatic heterocycles. The highest BCUT2D eigenvalue weighted by molar-refractivity contribution is 7.22. The van der Waals surface area contributed by atoms with Crippen molar-refractivity contribution in [3.8, 4) is 12.1 Å². The van der Waals surface area contributed by atoms with Crippen molar-refractivity contribution in [2.45, 2.75) is 0 Å². The van der Waals surface area contributed by atoms with Crippen LogP contribution >= 0.6 is 22.9 Å². The second kappa shape index (κ2) is 3.31. The maximum Gasteiger partial charge on any atom is 0.0998 e. The molecule has 1 heterocycles. The maximum absolute atomic E-state index is 8.87. The van der Waals surface area contributed by atoms with E-state index in [2.05, 4.69) is 6.07 Å². The summed E-state index contributed by atoms with van der Waals surface area (Å²) in [5.74, 6) is 0. The van der Waals surface area contributed by atoms with Crippen molar-refractivity contribution < 1.29 is 0 Å². The van der Waals surface area contributed by atoms with Crippen LogP contribution in [0.4, 0.5) is 0 Å². The van der Waals surface area contributed by atoms with E-state index in [0.29, 0.717) is 15.5 Å². The van der Waals surface area contributed by atoms with Crippen LogP contribution < -0.4 is 0 Å². The lowest BCUT2D eigenvalue weighted by Gasteiger charge is -1.93. The molecule has 0 aliphatic carbocycles. The molecular weight excluding hydrogens is 216 g/mol. The number of fused-ring (bicyclic) bond motifs is 1. The molecule has 0 fully saturated rings. The van der Waals surface area contributed by atoms with Gasteiger partial charge in [0.15, 0.2) is 0 Å². The normalized spacial score (nSPS) is 9.64. The minimum Gasteiger partial charge on any atom is -0.192 e. The Hall–Kier alpha value is -1.55. The van der Waals surface area contributed by atoms with Crippen LogP contribution in [0.3, 0.4) is 0 Å². The number of thiophene rings is 1. The first-order valence-corrected chi connectivity index (χ1v) is 4.97. The van der Waals surface area contributed by atoms with Crippen LogP contribution in [-0.4, -0.2) is 0 Å². The van der Waals surface area contributed by atoms with Gasteiger partial charge in [-0.15, -0.1) is 11.3 Å². The van der Waals surface area contributed by atoms with Crippen LogP contribution in [0.25, 0.3) is 10.1 Å². The Bertz CT molecular complexity index is 586. The number of rotatable bonds is 0. The Balaban J connectivity index is 2.89. The molecule has 0 unspecified atom stereocenters. The van der Waals surface area contributed by atoms with Gasteiger partial charge in [0.1, 0.15) is 0 Å². The van der Waals surface area contributed by atoms with E-state index in [4.69, 9.17) is 22.1 Å². The lowest BCUT2D eigenvalue weighted by Crippen LogP contribution is -1.79. The molecule has 0 aliphatic rings. The smallest absolute Gasteiger partial charge is 0.0998 e. The molecule has 66 valence electrons. The highest BCUT2D eigenvalue weighted by Crippen LogP contribution is 2.32.